The first-order valence-corrected chi connectivity index (χ1v) is 9.43. The van der Waals surface area contributed by atoms with E-state index in [1.807, 2.05) is 54.6 Å². The summed E-state index contributed by atoms with van der Waals surface area (Å²) < 4.78 is 2.69. The second kappa shape index (κ2) is 6.94. The largest absolute Gasteiger partial charge is 0.343 e. The number of amides is 1. The standard InChI is InChI=1S/C21H16N2OS2/c1-2-12-22-14-15(17-10-6-7-11-18(17)22)13-19-20(24)23(21(25)26-19)16-8-4-3-5-9-16/h2-11,13-14H,1,12H2/b19-13+. The number of carbonyl (C=O) groups excluding carboxylic acids is 1. The van der Waals surface area contributed by atoms with Gasteiger partial charge >= 0.3 is 0 Å². The fourth-order valence-electron chi connectivity index (χ4n) is 3.09. The van der Waals surface area contributed by atoms with Crippen molar-refractivity contribution in [2.45, 2.75) is 6.54 Å². The van der Waals surface area contributed by atoms with Gasteiger partial charge in [-0.3, -0.25) is 9.69 Å². The van der Waals surface area contributed by atoms with Crippen molar-refractivity contribution in [1.82, 2.24) is 4.57 Å². The van der Waals surface area contributed by atoms with Crippen molar-refractivity contribution in [3.8, 4) is 0 Å². The Morgan fingerprint density at radius 2 is 1.81 bits per heavy atom. The van der Waals surface area contributed by atoms with Gasteiger partial charge in [0.2, 0.25) is 0 Å². The van der Waals surface area contributed by atoms with E-state index < -0.39 is 0 Å². The molecule has 5 heteroatoms. The number of para-hydroxylation sites is 2. The third-order valence-corrected chi connectivity index (χ3v) is 5.54. The van der Waals surface area contributed by atoms with Gasteiger partial charge in [0.15, 0.2) is 4.32 Å². The van der Waals surface area contributed by atoms with E-state index in [1.165, 1.54) is 11.8 Å². The van der Waals surface area contributed by atoms with Crippen LogP contribution in [0.4, 0.5) is 5.69 Å². The van der Waals surface area contributed by atoms with Crippen molar-refractivity contribution in [1.29, 1.82) is 0 Å². The number of fused-ring (bicyclic) bond motifs is 1. The van der Waals surface area contributed by atoms with Crippen molar-refractivity contribution < 1.29 is 4.79 Å². The van der Waals surface area contributed by atoms with Crippen LogP contribution in [0.15, 0.2) is 78.4 Å². The maximum Gasteiger partial charge on any atom is 0.270 e. The molecule has 1 aliphatic heterocycles. The summed E-state index contributed by atoms with van der Waals surface area (Å²) in [4.78, 5) is 15.1. The van der Waals surface area contributed by atoms with Crippen molar-refractivity contribution in [3.63, 3.8) is 0 Å². The maximum absolute atomic E-state index is 12.9. The highest BCUT2D eigenvalue weighted by Gasteiger charge is 2.33. The number of hydrogen-bond acceptors (Lipinski definition) is 3. The fourth-order valence-corrected chi connectivity index (χ4v) is 4.38. The summed E-state index contributed by atoms with van der Waals surface area (Å²) >= 11 is 6.79. The summed E-state index contributed by atoms with van der Waals surface area (Å²) in [5, 5.41) is 1.11. The molecule has 0 radical (unpaired) electrons. The molecule has 4 rings (SSSR count). The van der Waals surface area contributed by atoms with Gasteiger partial charge in [-0.15, -0.1) is 6.58 Å². The lowest BCUT2D eigenvalue weighted by molar-refractivity contribution is -0.113. The molecule has 1 aliphatic rings. The van der Waals surface area contributed by atoms with Gasteiger partial charge in [0.1, 0.15) is 0 Å². The van der Waals surface area contributed by atoms with Crippen molar-refractivity contribution in [2.24, 2.45) is 0 Å². The van der Waals surface area contributed by atoms with E-state index in [-0.39, 0.29) is 5.91 Å². The van der Waals surface area contributed by atoms with Crippen LogP contribution in [0.1, 0.15) is 5.56 Å². The van der Waals surface area contributed by atoms with Gasteiger partial charge in [0.05, 0.1) is 10.6 Å². The third-order valence-electron chi connectivity index (χ3n) is 4.24. The highest BCUT2D eigenvalue weighted by Crippen LogP contribution is 2.37. The predicted octanol–water partition coefficient (Wildman–Crippen LogP) is 5.23. The van der Waals surface area contributed by atoms with E-state index in [9.17, 15) is 4.79 Å². The minimum absolute atomic E-state index is 0.0771. The molecule has 3 nitrogen and oxygen atoms in total. The molecule has 0 saturated carbocycles. The minimum atomic E-state index is -0.0771. The predicted molar refractivity (Wildman–Crippen MR) is 114 cm³/mol. The number of thiocarbonyl (C=S) groups is 1. The lowest BCUT2D eigenvalue weighted by Crippen LogP contribution is -2.27. The number of carbonyl (C=O) groups is 1. The molecule has 1 fully saturated rings. The molecule has 1 amide bonds. The quantitative estimate of drug-likeness (QED) is 0.354. The van der Waals surface area contributed by atoms with Gasteiger partial charge in [-0.2, -0.15) is 0 Å². The van der Waals surface area contributed by atoms with Crippen LogP contribution in [0.5, 0.6) is 0 Å². The second-order valence-electron chi connectivity index (χ2n) is 5.90. The average molecular weight is 377 g/mol. The lowest BCUT2D eigenvalue weighted by atomic mass is 10.1. The molecule has 1 aromatic heterocycles. The summed E-state index contributed by atoms with van der Waals surface area (Å²) in [6, 6.07) is 17.7. The molecule has 26 heavy (non-hydrogen) atoms. The number of thioether (sulfide) groups is 1. The van der Waals surface area contributed by atoms with Crippen LogP contribution in [0.25, 0.3) is 17.0 Å². The summed E-state index contributed by atoms with van der Waals surface area (Å²) in [6.07, 6.45) is 5.86. The molecule has 0 N–H and O–H groups in total. The first-order chi connectivity index (χ1) is 12.7. The van der Waals surface area contributed by atoms with E-state index in [4.69, 9.17) is 12.2 Å². The van der Waals surface area contributed by atoms with Crippen LogP contribution < -0.4 is 4.90 Å². The number of hydrogen-bond donors (Lipinski definition) is 0. The Bertz CT molecular complexity index is 1050. The molecule has 1 saturated heterocycles. The Labute approximate surface area is 161 Å². The SMILES string of the molecule is C=CCn1cc(/C=C2/SC(=S)N(c3ccccc3)C2=O)c2ccccc21. The van der Waals surface area contributed by atoms with Crippen LogP contribution in [-0.4, -0.2) is 14.8 Å². The molecule has 0 unspecified atom stereocenters. The minimum Gasteiger partial charge on any atom is -0.343 e. The van der Waals surface area contributed by atoms with Gasteiger partial charge in [-0.05, 0) is 24.3 Å². The number of allylic oxidation sites excluding steroid dienone is 1. The number of nitrogens with zero attached hydrogens (tertiary/aromatic N) is 2. The number of benzene rings is 2. The van der Waals surface area contributed by atoms with E-state index in [0.717, 1.165) is 28.7 Å². The molecule has 0 aliphatic carbocycles. The Kier molecular flexibility index (Phi) is 4.49. The summed E-state index contributed by atoms with van der Waals surface area (Å²) in [6.45, 7) is 4.54. The molecule has 2 heterocycles. The van der Waals surface area contributed by atoms with E-state index in [0.29, 0.717) is 9.23 Å². The van der Waals surface area contributed by atoms with Gasteiger partial charge in [0, 0.05) is 29.2 Å². The van der Waals surface area contributed by atoms with Gasteiger partial charge < -0.3 is 4.57 Å². The van der Waals surface area contributed by atoms with Crippen LogP contribution in [-0.2, 0) is 11.3 Å². The number of aromatic nitrogens is 1. The zero-order valence-corrected chi connectivity index (χ0v) is 15.6. The first kappa shape index (κ1) is 16.8. The molecular formula is C21H16N2OS2. The Hall–Kier alpha value is -2.63. The molecule has 0 bridgehead atoms. The van der Waals surface area contributed by atoms with E-state index in [1.54, 1.807) is 4.90 Å². The second-order valence-corrected chi connectivity index (χ2v) is 7.57. The van der Waals surface area contributed by atoms with Crippen molar-refractivity contribution in [3.05, 3.63) is 83.9 Å². The molecule has 0 spiro atoms. The number of anilines is 1. The van der Waals surface area contributed by atoms with Gasteiger partial charge in [-0.25, -0.2) is 0 Å². The lowest BCUT2D eigenvalue weighted by Gasteiger charge is -2.13. The highest BCUT2D eigenvalue weighted by molar-refractivity contribution is 8.27. The maximum atomic E-state index is 12.9. The Balaban J connectivity index is 1.76. The van der Waals surface area contributed by atoms with Crippen LogP contribution in [0.2, 0.25) is 0 Å². The third kappa shape index (κ3) is 2.89. The Morgan fingerprint density at radius 1 is 1.08 bits per heavy atom. The Morgan fingerprint density at radius 3 is 2.58 bits per heavy atom. The normalized spacial score (nSPS) is 16.0. The van der Waals surface area contributed by atoms with Crippen LogP contribution in [0.3, 0.4) is 0 Å². The summed E-state index contributed by atoms with van der Waals surface area (Å²) in [5.74, 6) is -0.0771. The zero-order chi connectivity index (χ0) is 18.1. The zero-order valence-electron chi connectivity index (χ0n) is 14.0. The molecular weight excluding hydrogens is 360 g/mol. The van der Waals surface area contributed by atoms with Crippen LogP contribution in [0, 0.1) is 0 Å². The number of rotatable bonds is 4. The molecule has 3 aromatic rings. The first-order valence-electron chi connectivity index (χ1n) is 8.21. The topological polar surface area (TPSA) is 25.2 Å². The van der Waals surface area contributed by atoms with Gasteiger partial charge in [-0.1, -0.05) is 66.5 Å². The fraction of sp³-hybridized carbons (Fsp3) is 0.0476. The van der Waals surface area contributed by atoms with Gasteiger partial charge in [0.25, 0.3) is 5.91 Å². The molecule has 0 atom stereocenters. The molecule has 128 valence electrons. The smallest absolute Gasteiger partial charge is 0.270 e. The van der Waals surface area contributed by atoms with E-state index in [2.05, 4.69) is 29.5 Å². The average Bonchev–Trinajstić information content (AvgIpc) is 3.14. The molecule has 2 aromatic carbocycles. The van der Waals surface area contributed by atoms with Crippen molar-refractivity contribution >= 4 is 56.9 Å². The highest BCUT2D eigenvalue weighted by atomic mass is 32.2. The van der Waals surface area contributed by atoms with Crippen LogP contribution >= 0.6 is 24.0 Å². The van der Waals surface area contributed by atoms with E-state index >= 15 is 0 Å². The summed E-state index contributed by atoms with van der Waals surface area (Å²) in [5.41, 5.74) is 2.93. The van der Waals surface area contributed by atoms with Crippen molar-refractivity contribution in [2.75, 3.05) is 4.90 Å². The monoisotopic (exact) mass is 376 g/mol. The summed E-state index contributed by atoms with van der Waals surface area (Å²) in [7, 11) is 0.